The summed E-state index contributed by atoms with van der Waals surface area (Å²) in [6.07, 6.45) is 4.59. The maximum atomic E-state index is 13.2. The molecule has 0 radical (unpaired) electrons. The number of hydrogen-bond donors (Lipinski definition) is 0. The SMILES string of the molecule is CCOc1cc(C2C3=C(CCCC3=O)N(CC)C3=C2C(=O)CCC3)cc(Br)c1OCC. The van der Waals surface area contributed by atoms with Crippen LogP contribution in [0.1, 0.15) is 70.8 Å². The van der Waals surface area contributed by atoms with Crippen LogP contribution >= 0.6 is 15.9 Å². The second-order valence-corrected chi connectivity index (χ2v) is 9.00. The summed E-state index contributed by atoms with van der Waals surface area (Å²) in [6.45, 7) is 7.79. The van der Waals surface area contributed by atoms with Crippen LogP contribution in [-0.2, 0) is 9.59 Å². The topological polar surface area (TPSA) is 55.8 Å². The molecule has 1 aromatic carbocycles. The van der Waals surface area contributed by atoms with Gasteiger partial charge in [0, 0.05) is 47.8 Å². The average Bonchev–Trinajstić information content (AvgIpc) is 2.75. The number of ether oxygens (including phenoxy) is 2. The molecule has 1 heterocycles. The van der Waals surface area contributed by atoms with Crippen molar-refractivity contribution in [3.63, 3.8) is 0 Å². The van der Waals surface area contributed by atoms with Crippen LogP contribution in [0.2, 0.25) is 0 Å². The Morgan fingerprint density at radius 2 is 1.48 bits per heavy atom. The van der Waals surface area contributed by atoms with E-state index in [1.807, 2.05) is 26.0 Å². The van der Waals surface area contributed by atoms with Crippen molar-refractivity contribution in [1.29, 1.82) is 0 Å². The van der Waals surface area contributed by atoms with E-state index in [-0.39, 0.29) is 17.5 Å². The van der Waals surface area contributed by atoms with Crippen molar-refractivity contribution in [2.24, 2.45) is 0 Å². The van der Waals surface area contributed by atoms with Crippen LogP contribution in [0.3, 0.4) is 0 Å². The van der Waals surface area contributed by atoms with E-state index < -0.39 is 0 Å². The first-order valence-electron chi connectivity index (χ1n) is 11.4. The fourth-order valence-electron chi connectivity index (χ4n) is 5.23. The molecule has 0 spiro atoms. The summed E-state index contributed by atoms with van der Waals surface area (Å²) < 4.78 is 12.5. The molecule has 1 aliphatic heterocycles. The lowest BCUT2D eigenvalue weighted by molar-refractivity contribution is -0.117. The lowest BCUT2D eigenvalue weighted by Crippen LogP contribution is -2.39. The molecule has 0 bridgehead atoms. The second-order valence-electron chi connectivity index (χ2n) is 8.15. The van der Waals surface area contributed by atoms with Gasteiger partial charge in [-0.3, -0.25) is 9.59 Å². The van der Waals surface area contributed by atoms with E-state index in [9.17, 15) is 9.59 Å². The molecule has 0 atom stereocenters. The minimum atomic E-state index is -0.334. The van der Waals surface area contributed by atoms with E-state index in [4.69, 9.17) is 9.47 Å². The molecule has 4 rings (SSSR count). The van der Waals surface area contributed by atoms with Gasteiger partial charge in [0.1, 0.15) is 0 Å². The number of ketones is 2. The van der Waals surface area contributed by atoms with Crippen molar-refractivity contribution in [1.82, 2.24) is 4.90 Å². The van der Waals surface area contributed by atoms with Crippen molar-refractivity contribution in [3.8, 4) is 11.5 Å². The zero-order chi connectivity index (χ0) is 22.1. The Bertz CT molecular complexity index is 934. The number of nitrogens with zero attached hydrogens (tertiary/aromatic N) is 1. The molecule has 6 heteroatoms. The summed E-state index contributed by atoms with van der Waals surface area (Å²) >= 11 is 3.65. The van der Waals surface area contributed by atoms with Gasteiger partial charge in [-0.25, -0.2) is 0 Å². The second kappa shape index (κ2) is 9.19. The fraction of sp³-hybridized carbons (Fsp3) is 0.520. The molecule has 1 aromatic rings. The highest BCUT2D eigenvalue weighted by Crippen LogP contribution is 2.51. The maximum absolute atomic E-state index is 13.2. The number of allylic oxidation sites excluding steroid dienone is 4. The third kappa shape index (κ3) is 3.84. The number of hydrogen-bond acceptors (Lipinski definition) is 5. The molecular formula is C25H30BrNO4. The third-order valence-electron chi connectivity index (χ3n) is 6.36. The molecule has 2 aliphatic carbocycles. The number of rotatable bonds is 6. The van der Waals surface area contributed by atoms with Crippen LogP contribution in [0.15, 0.2) is 39.1 Å². The molecule has 0 amide bonds. The summed E-state index contributed by atoms with van der Waals surface area (Å²) in [5.41, 5.74) is 4.75. The zero-order valence-corrected chi connectivity index (χ0v) is 20.1. The van der Waals surface area contributed by atoms with E-state index in [0.717, 1.165) is 64.8 Å². The first-order valence-corrected chi connectivity index (χ1v) is 12.2. The van der Waals surface area contributed by atoms with Crippen LogP contribution in [0.25, 0.3) is 0 Å². The predicted molar refractivity (Wildman–Crippen MR) is 123 cm³/mol. The molecule has 0 fully saturated rings. The molecular weight excluding hydrogens is 458 g/mol. The minimum absolute atomic E-state index is 0.164. The Hall–Kier alpha value is -2.08. The van der Waals surface area contributed by atoms with Crippen LogP contribution in [-0.4, -0.2) is 36.2 Å². The Kier molecular flexibility index (Phi) is 6.56. The number of halogens is 1. The normalized spacial score (nSPS) is 19.5. The lowest BCUT2D eigenvalue weighted by atomic mass is 9.71. The molecule has 0 unspecified atom stereocenters. The van der Waals surface area contributed by atoms with Gasteiger partial charge in [0.15, 0.2) is 23.1 Å². The van der Waals surface area contributed by atoms with Gasteiger partial charge >= 0.3 is 0 Å². The van der Waals surface area contributed by atoms with Crippen LogP contribution in [0.5, 0.6) is 11.5 Å². The molecule has 0 N–H and O–H groups in total. The predicted octanol–water partition coefficient (Wildman–Crippen LogP) is 5.68. The number of benzene rings is 1. The quantitative estimate of drug-likeness (QED) is 0.516. The van der Waals surface area contributed by atoms with Crippen LogP contribution in [0, 0.1) is 0 Å². The first kappa shape index (κ1) is 22.1. The summed E-state index contributed by atoms with van der Waals surface area (Å²) in [7, 11) is 0. The minimum Gasteiger partial charge on any atom is -0.490 e. The average molecular weight is 488 g/mol. The summed E-state index contributed by atoms with van der Waals surface area (Å²) in [6, 6.07) is 3.96. The van der Waals surface area contributed by atoms with E-state index >= 15 is 0 Å². The summed E-state index contributed by atoms with van der Waals surface area (Å²) in [5.74, 6) is 1.30. The van der Waals surface area contributed by atoms with Crippen molar-refractivity contribution < 1.29 is 19.1 Å². The zero-order valence-electron chi connectivity index (χ0n) is 18.6. The van der Waals surface area contributed by atoms with Gasteiger partial charge < -0.3 is 14.4 Å². The van der Waals surface area contributed by atoms with Crippen molar-refractivity contribution >= 4 is 27.5 Å². The van der Waals surface area contributed by atoms with Gasteiger partial charge in [-0.2, -0.15) is 0 Å². The number of carbonyl (C=O) groups is 2. The molecule has 31 heavy (non-hydrogen) atoms. The molecule has 0 saturated carbocycles. The highest BCUT2D eigenvalue weighted by Gasteiger charge is 2.43. The van der Waals surface area contributed by atoms with Gasteiger partial charge in [0.2, 0.25) is 0 Å². The molecule has 0 aromatic heterocycles. The monoisotopic (exact) mass is 487 g/mol. The summed E-state index contributed by atoms with van der Waals surface area (Å²) in [5, 5.41) is 0. The van der Waals surface area contributed by atoms with E-state index in [2.05, 4.69) is 27.8 Å². The van der Waals surface area contributed by atoms with Crippen molar-refractivity contribution in [3.05, 3.63) is 44.7 Å². The van der Waals surface area contributed by atoms with Crippen LogP contribution in [0.4, 0.5) is 0 Å². The highest BCUT2D eigenvalue weighted by molar-refractivity contribution is 9.10. The van der Waals surface area contributed by atoms with Crippen molar-refractivity contribution in [2.75, 3.05) is 19.8 Å². The van der Waals surface area contributed by atoms with E-state index in [1.165, 1.54) is 0 Å². The van der Waals surface area contributed by atoms with E-state index in [0.29, 0.717) is 37.6 Å². The maximum Gasteiger partial charge on any atom is 0.175 e. The van der Waals surface area contributed by atoms with Gasteiger partial charge in [0.05, 0.1) is 17.7 Å². The standard InChI is InChI=1S/C25H30BrNO4/c1-4-27-17-9-7-11-19(28)23(17)22(24-18(27)10-8-12-20(24)29)15-13-16(26)25(31-6-3)21(14-15)30-5-2/h13-14,22H,4-12H2,1-3H3. The largest absolute Gasteiger partial charge is 0.490 e. The van der Waals surface area contributed by atoms with Gasteiger partial charge in [0.25, 0.3) is 0 Å². The van der Waals surface area contributed by atoms with E-state index in [1.54, 1.807) is 0 Å². The molecule has 3 aliphatic rings. The molecule has 0 saturated heterocycles. The smallest absolute Gasteiger partial charge is 0.175 e. The molecule has 166 valence electrons. The number of carbonyl (C=O) groups excluding carboxylic acids is 2. The highest BCUT2D eigenvalue weighted by atomic mass is 79.9. The van der Waals surface area contributed by atoms with Gasteiger partial charge in [-0.15, -0.1) is 0 Å². The third-order valence-corrected chi connectivity index (χ3v) is 6.95. The Balaban J connectivity index is 1.95. The van der Waals surface area contributed by atoms with Gasteiger partial charge in [-0.1, -0.05) is 0 Å². The Morgan fingerprint density at radius 1 is 0.903 bits per heavy atom. The fourth-order valence-corrected chi connectivity index (χ4v) is 5.81. The summed E-state index contributed by atoms with van der Waals surface area (Å²) in [4.78, 5) is 28.7. The van der Waals surface area contributed by atoms with Crippen LogP contribution < -0.4 is 9.47 Å². The first-order chi connectivity index (χ1) is 15.0. The Labute approximate surface area is 192 Å². The number of Topliss-reactive ketones (excluding diaryl/α,β-unsaturated/α-hetero) is 2. The lowest BCUT2D eigenvalue weighted by Gasteiger charge is -2.43. The van der Waals surface area contributed by atoms with Gasteiger partial charge in [-0.05, 0) is 80.1 Å². The van der Waals surface area contributed by atoms with Crippen molar-refractivity contribution in [2.45, 2.75) is 65.2 Å². The molecule has 5 nitrogen and oxygen atoms in total. The Morgan fingerprint density at radius 3 is 2.00 bits per heavy atom.